The zero-order valence-corrected chi connectivity index (χ0v) is 8.58. The minimum Gasteiger partial charge on any atom is -0.512 e. The van der Waals surface area contributed by atoms with Crippen molar-refractivity contribution >= 4 is 5.97 Å². The number of hydrogen-bond acceptors (Lipinski definition) is 3. The number of aliphatic hydroxyl groups excluding tert-OH is 1. The fraction of sp³-hybridized carbons (Fsp3) is 0.625. The minimum atomic E-state index is -0.516. The molecule has 1 radical (unpaired) electrons. The molecule has 0 atom stereocenters. The van der Waals surface area contributed by atoms with Crippen molar-refractivity contribution in [3.63, 3.8) is 0 Å². The molecule has 0 saturated heterocycles. The van der Waals surface area contributed by atoms with E-state index >= 15 is 0 Å². The van der Waals surface area contributed by atoms with Gasteiger partial charge in [-0.2, -0.15) is 0 Å². The van der Waals surface area contributed by atoms with Crippen molar-refractivity contribution in [1.82, 2.24) is 0 Å². The molecule has 0 heterocycles. The Labute approximate surface area is 83.3 Å². The Balaban J connectivity index is 0. The molecule has 0 fully saturated rings. The van der Waals surface area contributed by atoms with Gasteiger partial charge < -0.3 is 9.84 Å². The standard InChI is InChI=1S/C8H14O3.Cu/c1-6(9)5-7(10)11-8(2,3)4;/h5,9H,1-4H3;/b6-5-;. The number of hydrogen-bond donors (Lipinski definition) is 1. The van der Waals surface area contributed by atoms with E-state index in [0.29, 0.717) is 0 Å². The SMILES string of the molecule is C/C(O)=C/C(=O)OC(C)(C)C.[Cu]. The molecule has 0 aromatic rings. The summed E-state index contributed by atoms with van der Waals surface area (Å²) in [5.74, 6) is -0.559. The molecule has 0 aromatic heterocycles. The molecule has 0 saturated carbocycles. The molecule has 0 aliphatic heterocycles. The molecule has 75 valence electrons. The Morgan fingerprint density at radius 2 is 1.83 bits per heavy atom. The molecular formula is C8H14CuO3. The maximum absolute atomic E-state index is 10.8. The van der Waals surface area contributed by atoms with E-state index in [1.165, 1.54) is 6.92 Å². The summed E-state index contributed by atoms with van der Waals surface area (Å²) in [6, 6.07) is 0. The molecule has 3 nitrogen and oxygen atoms in total. The summed E-state index contributed by atoms with van der Waals surface area (Å²) in [7, 11) is 0. The van der Waals surface area contributed by atoms with Crippen LogP contribution in [0.25, 0.3) is 0 Å². The van der Waals surface area contributed by atoms with E-state index in [2.05, 4.69) is 0 Å². The van der Waals surface area contributed by atoms with Crippen molar-refractivity contribution in [3.05, 3.63) is 11.8 Å². The summed E-state index contributed by atoms with van der Waals surface area (Å²) >= 11 is 0. The summed E-state index contributed by atoms with van der Waals surface area (Å²) in [5, 5.41) is 8.68. The molecule has 1 N–H and O–H groups in total. The van der Waals surface area contributed by atoms with Crippen molar-refractivity contribution < 1.29 is 31.7 Å². The molecule has 0 aliphatic rings. The van der Waals surface area contributed by atoms with Gasteiger partial charge in [0, 0.05) is 17.1 Å². The monoisotopic (exact) mass is 221 g/mol. The fourth-order valence-electron chi connectivity index (χ4n) is 0.502. The van der Waals surface area contributed by atoms with Gasteiger partial charge in [0.15, 0.2) is 0 Å². The first-order valence-electron chi connectivity index (χ1n) is 3.41. The molecule has 0 aliphatic carbocycles. The summed E-state index contributed by atoms with van der Waals surface area (Å²) in [4.78, 5) is 10.8. The first-order valence-corrected chi connectivity index (χ1v) is 3.41. The van der Waals surface area contributed by atoms with Crippen LogP contribution < -0.4 is 0 Å². The molecule has 12 heavy (non-hydrogen) atoms. The Morgan fingerprint density at radius 1 is 1.42 bits per heavy atom. The van der Waals surface area contributed by atoms with E-state index in [-0.39, 0.29) is 22.8 Å². The van der Waals surface area contributed by atoms with Gasteiger partial charge in [-0.1, -0.05) is 0 Å². The second-order valence-electron chi connectivity index (χ2n) is 3.32. The van der Waals surface area contributed by atoms with Gasteiger partial charge in [0.1, 0.15) is 5.60 Å². The van der Waals surface area contributed by atoms with Gasteiger partial charge in [0.25, 0.3) is 0 Å². The molecule has 0 rings (SSSR count). The second-order valence-corrected chi connectivity index (χ2v) is 3.32. The molecule has 0 unspecified atom stereocenters. The van der Waals surface area contributed by atoms with Crippen LogP contribution in [0.3, 0.4) is 0 Å². The third-order valence-corrected chi connectivity index (χ3v) is 0.734. The molecule has 0 bridgehead atoms. The van der Waals surface area contributed by atoms with Crippen LogP contribution in [-0.4, -0.2) is 16.7 Å². The number of allylic oxidation sites excluding steroid dienone is 1. The third-order valence-electron chi connectivity index (χ3n) is 0.734. The van der Waals surface area contributed by atoms with Crippen molar-refractivity contribution in [2.45, 2.75) is 33.3 Å². The largest absolute Gasteiger partial charge is 0.512 e. The van der Waals surface area contributed by atoms with Crippen molar-refractivity contribution in [2.24, 2.45) is 0 Å². The Hall–Kier alpha value is -0.471. The van der Waals surface area contributed by atoms with Gasteiger partial charge in [0.2, 0.25) is 0 Å². The van der Waals surface area contributed by atoms with E-state index in [0.717, 1.165) is 6.08 Å². The predicted molar refractivity (Wildman–Crippen MR) is 42.2 cm³/mol. The van der Waals surface area contributed by atoms with Gasteiger partial charge >= 0.3 is 5.97 Å². The van der Waals surface area contributed by atoms with Gasteiger partial charge in [0.05, 0.1) is 11.8 Å². The maximum Gasteiger partial charge on any atom is 0.334 e. The van der Waals surface area contributed by atoms with Crippen molar-refractivity contribution in [2.75, 3.05) is 0 Å². The molecule has 0 amide bonds. The number of rotatable bonds is 1. The van der Waals surface area contributed by atoms with Gasteiger partial charge in [-0.05, 0) is 27.7 Å². The first kappa shape index (κ1) is 14.1. The Kier molecular flexibility index (Phi) is 6.13. The molecule has 4 heteroatoms. The smallest absolute Gasteiger partial charge is 0.334 e. The summed E-state index contributed by atoms with van der Waals surface area (Å²) in [5.41, 5.74) is -0.497. The van der Waals surface area contributed by atoms with E-state index in [1.807, 2.05) is 0 Å². The predicted octanol–water partition coefficient (Wildman–Crippen LogP) is 1.79. The topological polar surface area (TPSA) is 46.5 Å². The van der Waals surface area contributed by atoms with Crippen LogP contribution in [0, 0.1) is 0 Å². The van der Waals surface area contributed by atoms with Crippen molar-refractivity contribution in [3.8, 4) is 0 Å². The Morgan fingerprint density at radius 3 is 2.08 bits per heavy atom. The quantitative estimate of drug-likeness (QED) is 0.318. The van der Waals surface area contributed by atoms with Gasteiger partial charge in [-0.15, -0.1) is 0 Å². The number of carbonyl (C=O) groups is 1. The summed E-state index contributed by atoms with van der Waals surface area (Å²) in [6.07, 6.45) is 1.05. The summed E-state index contributed by atoms with van der Waals surface area (Å²) < 4.78 is 4.87. The van der Waals surface area contributed by atoms with Crippen LogP contribution >= 0.6 is 0 Å². The van der Waals surface area contributed by atoms with Crippen LogP contribution in [0.2, 0.25) is 0 Å². The van der Waals surface area contributed by atoms with E-state index in [9.17, 15) is 4.79 Å². The van der Waals surface area contributed by atoms with E-state index in [4.69, 9.17) is 9.84 Å². The minimum absolute atomic E-state index is 0. The normalized spacial score (nSPS) is 11.8. The van der Waals surface area contributed by atoms with Crippen LogP contribution in [0.15, 0.2) is 11.8 Å². The van der Waals surface area contributed by atoms with E-state index < -0.39 is 11.6 Å². The number of carbonyl (C=O) groups excluding carboxylic acids is 1. The fourth-order valence-corrected chi connectivity index (χ4v) is 0.502. The first-order chi connectivity index (χ1) is 4.81. The maximum atomic E-state index is 10.8. The van der Waals surface area contributed by atoms with Gasteiger partial charge in [-0.25, -0.2) is 4.79 Å². The van der Waals surface area contributed by atoms with Crippen LogP contribution in [0.1, 0.15) is 27.7 Å². The molecule has 0 aromatic carbocycles. The van der Waals surface area contributed by atoms with E-state index in [1.54, 1.807) is 20.8 Å². The van der Waals surface area contributed by atoms with Gasteiger partial charge in [-0.3, -0.25) is 0 Å². The second kappa shape index (κ2) is 5.22. The Bertz CT molecular complexity index is 175. The van der Waals surface area contributed by atoms with Crippen molar-refractivity contribution in [1.29, 1.82) is 0 Å². The third kappa shape index (κ3) is 9.53. The molecular weight excluding hydrogens is 208 g/mol. The van der Waals surface area contributed by atoms with Crippen LogP contribution in [0.4, 0.5) is 0 Å². The molecule has 0 spiro atoms. The average Bonchev–Trinajstić information content (AvgIpc) is 1.53. The number of ether oxygens (including phenoxy) is 1. The average molecular weight is 222 g/mol. The summed E-state index contributed by atoms with van der Waals surface area (Å²) in [6.45, 7) is 6.73. The van der Waals surface area contributed by atoms with Crippen LogP contribution in [-0.2, 0) is 26.6 Å². The van der Waals surface area contributed by atoms with Crippen LogP contribution in [0.5, 0.6) is 0 Å². The number of esters is 1. The number of aliphatic hydroxyl groups is 1. The zero-order valence-electron chi connectivity index (χ0n) is 7.64. The zero-order chi connectivity index (χ0) is 9.07.